The van der Waals surface area contributed by atoms with Crippen molar-refractivity contribution in [1.29, 1.82) is 0 Å². The molecule has 4 rings (SSSR count). The molecule has 0 N–H and O–H groups in total. The summed E-state index contributed by atoms with van der Waals surface area (Å²) < 4.78 is 0. The summed E-state index contributed by atoms with van der Waals surface area (Å²) in [7, 11) is 3.76. The van der Waals surface area contributed by atoms with Gasteiger partial charge in [0, 0.05) is 50.5 Å². The van der Waals surface area contributed by atoms with Gasteiger partial charge in [-0.2, -0.15) is 0 Å². The van der Waals surface area contributed by atoms with E-state index in [1.54, 1.807) is 18.6 Å². The maximum atomic E-state index is 13.5. The molecule has 6 nitrogen and oxygen atoms in total. The number of nitrogens with zero attached hydrogens (tertiary/aromatic N) is 5. The first-order valence-electron chi connectivity index (χ1n) is 9.41. The van der Waals surface area contributed by atoms with Crippen LogP contribution in [0.1, 0.15) is 27.9 Å². The van der Waals surface area contributed by atoms with Gasteiger partial charge in [0.15, 0.2) is 0 Å². The van der Waals surface area contributed by atoms with E-state index in [0.29, 0.717) is 23.8 Å². The molecule has 1 amide bonds. The molecule has 0 aliphatic carbocycles. The second kappa shape index (κ2) is 7.38. The fourth-order valence-corrected chi connectivity index (χ4v) is 3.55. The van der Waals surface area contributed by atoms with Gasteiger partial charge in [-0.3, -0.25) is 9.78 Å². The topological polar surface area (TPSA) is 62.2 Å². The Kier molecular flexibility index (Phi) is 4.77. The highest BCUT2D eigenvalue weighted by Crippen LogP contribution is 2.31. The lowest BCUT2D eigenvalue weighted by molar-refractivity contribution is 0.0985. The third-order valence-corrected chi connectivity index (χ3v) is 4.94. The van der Waals surface area contributed by atoms with E-state index in [-0.39, 0.29) is 5.91 Å². The summed E-state index contributed by atoms with van der Waals surface area (Å²) in [5.74, 6) is 0.485. The Morgan fingerprint density at radius 1 is 1.18 bits per heavy atom. The number of amides is 1. The summed E-state index contributed by atoms with van der Waals surface area (Å²) in [6, 6.07) is 10.0. The van der Waals surface area contributed by atoms with Crippen molar-refractivity contribution in [2.24, 2.45) is 0 Å². The molecule has 1 aliphatic heterocycles. The first-order valence-corrected chi connectivity index (χ1v) is 9.41. The Bertz CT molecular complexity index is 1020. The van der Waals surface area contributed by atoms with E-state index in [1.165, 1.54) is 11.1 Å². The molecule has 0 fully saturated rings. The molecule has 3 aromatic rings. The van der Waals surface area contributed by atoms with Crippen LogP contribution in [0.2, 0.25) is 0 Å². The Labute approximate surface area is 164 Å². The largest absolute Gasteiger partial charge is 0.347 e. The van der Waals surface area contributed by atoms with Gasteiger partial charge in [-0.1, -0.05) is 17.7 Å². The van der Waals surface area contributed by atoms with Crippen LogP contribution in [0.4, 0.5) is 11.6 Å². The fourth-order valence-electron chi connectivity index (χ4n) is 3.55. The van der Waals surface area contributed by atoms with E-state index in [4.69, 9.17) is 0 Å². The Morgan fingerprint density at radius 3 is 2.79 bits per heavy atom. The van der Waals surface area contributed by atoms with Crippen molar-refractivity contribution in [2.45, 2.75) is 19.8 Å². The van der Waals surface area contributed by atoms with Gasteiger partial charge in [0.1, 0.15) is 0 Å². The summed E-state index contributed by atoms with van der Waals surface area (Å²) in [4.78, 5) is 30.5. The molecule has 0 spiro atoms. The van der Waals surface area contributed by atoms with Crippen molar-refractivity contribution in [1.82, 2.24) is 15.0 Å². The van der Waals surface area contributed by atoms with Crippen LogP contribution in [-0.2, 0) is 6.42 Å². The van der Waals surface area contributed by atoms with Gasteiger partial charge in [-0.15, -0.1) is 0 Å². The number of hydrogen-bond donors (Lipinski definition) is 0. The minimum absolute atomic E-state index is 0.0750. The molecule has 0 atom stereocenters. The van der Waals surface area contributed by atoms with E-state index in [9.17, 15) is 4.79 Å². The van der Waals surface area contributed by atoms with Crippen LogP contribution >= 0.6 is 0 Å². The molecule has 0 saturated heterocycles. The molecule has 0 unspecified atom stereocenters. The molecule has 142 valence electrons. The zero-order chi connectivity index (χ0) is 19.7. The lowest BCUT2D eigenvalue weighted by atomic mass is 9.98. The van der Waals surface area contributed by atoms with Gasteiger partial charge in [-0.05, 0) is 43.5 Å². The molecule has 0 saturated carbocycles. The van der Waals surface area contributed by atoms with Crippen molar-refractivity contribution in [3.63, 3.8) is 0 Å². The van der Waals surface area contributed by atoms with Gasteiger partial charge in [0.05, 0.1) is 11.3 Å². The molecular weight excluding hydrogens is 350 g/mol. The summed E-state index contributed by atoms with van der Waals surface area (Å²) >= 11 is 0. The standard InChI is InChI=1S/C22H23N5O/c1-15-8-9-19-16(12-15)7-5-11-27(19)21(28)18-14-24-22(26(2)3)25-20(18)17-6-4-10-23-13-17/h4,6,8-10,12-14H,5,7,11H2,1-3H3. The number of fused-ring (bicyclic) bond motifs is 1. The predicted molar refractivity (Wildman–Crippen MR) is 111 cm³/mol. The summed E-state index contributed by atoms with van der Waals surface area (Å²) in [6.07, 6.45) is 7.01. The molecule has 1 aliphatic rings. The van der Waals surface area contributed by atoms with E-state index in [1.807, 2.05) is 42.1 Å². The smallest absolute Gasteiger partial charge is 0.262 e. The average molecular weight is 373 g/mol. The minimum atomic E-state index is -0.0750. The Hall–Kier alpha value is -3.28. The number of carbonyl (C=O) groups excluding carboxylic acids is 1. The third kappa shape index (κ3) is 3.33. The Balaban J connectivity index is 1.81. The third-order valence-electron chi connectivity index (χ3n) is 4.94. The van der Waals surface area contributed by atoms with Gasteiger partial charge >= 0.3 is 0 Å². The van der Waals surface area contributed by atoms with E-state index >= 15 is 0 Å². The monoisotopic (exact) mass is 373 g/mol. The van der Waals surface area contributed by atoms with Crippen LogP contribution in [0.25, 0.3) is 11.3 Å². The highest BCUT2D eigenvalue weighted by Gasteiger charge is 2.27. The molecule has 3 heterocycles. The average Bonchev–Trinajstić information content (AvgIpc) is 2.72. The maximum absolute atomic E-state index is 13.5. The number of benzene rings is 1. The van der Waals surface area contributed by atoms with Crippen LogP contribution in [0.5, 0.6) is 0 Å². The second-order valence-corrected chi connectivity index (χ2v) is 7.26. The van der Waals surface area contributed by atoms with Gasteiger partial charge in [0.25, 0.3) is 5.91 Å². The van der Waals surface area contributed by atoms with Crippen molar-refractivity contribution >= 4 is 17.5 Å². The number of pyridine rings is 1. The quantitative estimate of drug-likeness (QED) is 0.703. The lowest BCUT2D eigenvalue weighted by Crippen LogP contribution is -2.36. The first-order chi connectivity index (χ1) is 13.5. The summed E-state index contributed by atoms with van der Waals surface area (Å²) in [5.41, 5.74) is 5.31. The summed E-state index contributed by atoms with van der Waals surface area (Å²) in [5, 5.41) is 0. The van der Waals surface area contributed by atoms with Crippen LogP contribution in [0, 0.1) is 6.92 Å². The van der Waals surface area contributed by atoms with Crippen molar-refractivity contribution < 1.29 is 4.79 Å². The molecule has 28 heavy (non-hydrogen) atoms. The predicted octanol–water partition coefficient (Wildman–Crippen LogP) is 3.51. The van der Waals surface area contributed by atoms with Crippen molar-refractivity contribution in [3.8, 4) is 11.3 Å². The molecule has 2 aromatic heterocycles. The molecule has 6 heteroatoms. The zero-order valence-electron chi connectivity index (χ0n) is 16.4. The number of aryl methyl sites for hydroxylation is 2. The number of hydrogen-bond acceptors (Lipinski definition) is 5. The maximum Gasteiger partial charge on any atom is 0.262 e. The van der Waals surface area contributed by atoms with Crippen molar-refractivity contribution in [2.75, 3.05) is 30.4 Å². The second-order valence-electron chi connectivity index (χ2n) is 7.26. The number of carbonyl (C=O) groups is 1. The van der Waals surface area contributed by atoms with Crippen LogP contribution in [0.3, 0.4) is 0 Å². The molecular formula is C22H23N5O. The molecule has 1 aromatic carbocycles. The van der Waals surface area contributed by atoms with E-state index < -0.39 is 0 Å². The van der Waals surface area contributed by atoms with Gasteiger partial charge < -0.3 is 9.80 Å². The normalized spacial score (nSPS) is 13.2. The van der Waals surface area contributed by atoms with Gasteiger partial charge in [-0.25, -0.2) is 9.97 Å². The van der Waals surface area contributed by atoms with Crippen molar-refractivity contribution in [3.05, 3.63) is 65.6 Å². The lowest BCUT2D eigenvalue weighted by Gasteiger charge is -2.30. The summed E-state index contributed by atoms with van der Waals surface area (Å²) in [6.45, 7) is 2.77. The Morgan fingerprint density at radius 2 is 2.04 bits per heavy atom. The number of anilines is 2. The highest BCUT2D eigenvalue weighted by atomic mass is 16.2. The first kappa shape index (κ1) is 18.1. The van der Waals surface area contributed by atoms with Crippen LogP contribution < -0.4 is 9.80 Å². The van der Waals surface area contributed by atoms with Crippen LogP contribution in [0.15, 0.2) is 48.9 Å². The SMILES string of the molecule is Cc1ccc2c(c1)CCCN2C(=O)c1cnc(N(C)C)nc1-c1cccnc1. The highest BCUT2D eigenvalue weighted by molar-refractivity contribution is 6.10. The van der Waals surface area contributed by atoms with Gasteiger partial charge in [0.2, 0.25) is 5.95 Å². The fraction of sp³-hybridized carbons (Fsp3) is 0.273. The number of aromatic nitrogens is 3. The van der Waals surface area contributed by atoms with E-state index in [2.05, 4.69) is 34.0 Å². The van der Waals surface area contributed by atoms with E-state index in [0.717, 1.165) is 24.1 Å². The minimum Gasteiger partial charge on any atom is -0.347 e. The molecule has 0 radical (unpaired) electrons. The molecule has 0 bridgehead atoms. The zero-order valence-corrected chi connectivity index (χ0v) is 16.4. The van der Waals surface area contributed by atoms with Crippen LogP contribution in [-0.4, -0.2) is 41.5 Å². The number of rotatable bonds is 3.